The molecule has 4 aromatic rings. The van der Waals surface area contributed by atoms with Crippen LogP contribution in [0.15, 0.2) is 84.9 Å². The molecule has 5 heteroatoms. The lowest BCUT2D eigenvalue weighted by Crippen LogP contribution is -2.50. The molecule has 0 saturated carbocycles. The molecule has 5 rings (SSSR count). The van der Waals surface area contributed by atoms with Crippen LogP contribution in [-0.4, -0.2) is 34.3 Å². The number of amides is 2. The number of aromatic amines is 1. The van der Waals surface area contributed by atoms with Crippen molar-refractivity contribution in [1.29, 1.82) is 0 Å². The number of aromatic nitrogens is 1. The summed E-state index contributed by atoms with van der Waals surface area (Å²) in [6.45, 7) is 1.18. The summed E-state index contributed by atoms with van der Waals surface area (Å²) in [5, 5.41) is 4.16. The normalized spacial score (nSPS) is 14.1. The molecule has 2 heterocycles. The molecule has 5 nitrogen and oxygen atoms in total. The van der Waals surface area contributed by atoms with Crippen molar-refractivity contribution in [3.05, 3.63) is 107 Å². The number of nitrogens with zero attached hydrogens (tertiary/aromatic N) is 1. The molecule has 1 atom stereocenters. The van der Waals surface area contributed by atoms with Crippen LogP contribution in [0.4, 0.5) is 0 Å². The second kappa shape index (κ2) is 8.71. The van der Waals surface area contributed by atoms with Gasteiger partial charge in [0.05, 0.1) is 0 Å². The van der Waals surface area contributed by atoms with Gasteiger partial charge >= 0.3 is 0 Å². The molecule has 2 N–H and O–H groups in total. The highest BCUT2D eigenvalue weighted by Crippen LogP contribution is 2.28. The van der Waals surface area contributed by atoms with Crippen LogP contribution in [0.1, 0.15) is 27.2 Å². The molecule has 32 heavy (non-hydrogen) atoms. The molecular formula is C27H25N3O2. The molecular weight excluding hydrogens is 398 g/mol. The minimum Gasteiger partial charge on any atom is -0.358 e. The SMILES string of the molecule is O=C(NC(Cc1ccccc1)C(=O)N1CCc2[nH]c3ccccc3c2C1)c1ccccc1. The zero-order valence-corrected chi connectivity index (χ0v) is 17.8. The standard InChI is InChI=1S/C27H25N3O2/c31-26(20-11-5-2-6-12-20)29-25(17-19-9-3-1-4-10-19)27(32)30-16-15-24-22(18-30)21-13-7-8-14-23(21)28-24/h1-14,25,28H,15-18H2,(H,29,31). The zero-order valence-electron chi connectivity index (χ0n) is 17.8. The highest BCUT2D eigenvalue weighted by atomic mass is 16.2. The van der Waals surface area contributed by atoms with Gasteiger partial charge in [0, 0.05) is 53.7 Å². The maximum atomic E-state index is 13.6. The monoisotopic (exact) mass is 423 g/mol. The number of hydrogen-bond donors (Lipinski definition) is 2. The van der Waals surface area contributed by atoms with E-state index >= 15 is 0 Å². The van der Waals surface area contributed by atoms with Gasteiger partial charge in [-0.15, -0.1) is 0 Å². The lowest BCUT2D eigenvalue weighted by Gasteiger charge is -2.31. The van der Waals surface area contributed by atoms with Crippen LogP contribution in [0, 0.1) is 0 Å². The van der Waals surface area contributed by atoms with Crippen LogP contribution in [0.3, 0.4) is 0 Å². The lowest BCUT2D eigenvalue weighted by atomic mass is 10.0. The maximum Gasteiger partial charge on any atom is 0.251 e. The minimum absolute atomic E-state index is 0.0472. The number of hydrogen-bond acceptors (Lipinski definition) is 2. The van der Waals surface area contributed by atoms with E-state index < -0.39 is 6.04 Å². The lowest BCUT2D eigenvalue weighted by molar-refractivity contribution is -0.134. The number of fused-ring (bicyclic) bond motifs is 3. The average molecular weight is 424 g/mol. The van der Waals surface area contributed by atoms with Gasteiger partial charge in [0.1, 0.15) is 6.04 Å². The largest absolute Gasteiger partial charge is 0.358 e. The molecule has 3 aromatic carbocycles. The maximum absolute atomic E-state index is 13.6. The van der Waals surface area contributed by atoms with E-state index in [-0.39, 0.29) is 11.8 Å². The van der Waals surface area contributed by atoms with Gasteiger partial charge in [0.2, 0.25) is 5.91 Å². The summed E-state index contributed by atoms with van der Waals surface area (Å²) in [5.41, 5.74) is 5.04. The van der Waals surface area contributed by atoms with Crippen molar-refractivity contribution in [2.45, 2.75) is 25.4 Å². The Balaban J connectivity index is 1.40. The molecule has 0 bridgehead atoms. The molecule has 0 spiro atoms. The minimum atomic E-state index is -0.628. The summed E-state index contributed by atoms with van der Waals surface area (Å²) in [6, 6.07) is 26.5. The molecule has 1 unspecified atom stereocenters. The van der Waals surface area contributed by atoms with Crippen molar-refractivity contribution >= 4 is 22.7 Å². The van der Waals surface area contributed by atoms with Gasteiger partial charge in [-0.25, -0.2) is 0 Å². The van der Waals surface area contributed by atoms with Gasteiger partial charge < -0.3 is 15.2 Å². The third-order valence-electron chi connectivity index (χ3n) is 6.12. The van der Waals surface area contributed by atoms with Crippen LogP contribution in [0.25, 0.3) is 10.9 Å². The summed E-state index contributed by atoms with van der Waals surface area (Å²) in [6.07, 6.45) is 1.23. The van der Waals surface area contributed by atoms with Crippen molar-refractivity contribution < 1.29 is 9.59 Å². The molecule has 0 saturated heterocycles. The molecule has 160 valence electrons. The van der Waals surface area contributed by atoms with E-state index in [0.29, 0.717) is 25.1 Å². The number of rotatable bonds is 5. The van der Waals surface area contributed by atoms with Crippen LogP contribution >= 0.6 is 0 Å². The van der Waals surface area contributed by atoms with Crippen molar-refractivity contribution in [2.24, 2.45) is 0 Å². The van der Waals surface area contributed by atoms with Gasteiger partial charge in [-0.05, 0) is 23.8 Å². The average Bonchev–Trinajstić information content (AvgIpc) is 3.22. The van der Waals surface area contributed by atoms with Gasteiger partial charge in [-0.3, -0.25) is 9.59 Å². The number of H-pyrrole nitrogens is 1. The topological polar surface area (TPSA) is 65.2 Å². The predicted molar refractivity (Wildman–Crippen MR) is 125 cm³/mol. The Bertz CT molecular complexity index is 1250. The van der Waals surface area contributed by atoms with E-state index in [2.05, 4.69) is 22.4 Å². The summed E-state index contributed by atoms with van der Waals surface area (Å²) in [5.74, 6) is -0.279. The van der Waals surface area contributed by atoms with Gasteiger partial charge in [0.25, 0.3) is 5.91 Å². The first-order valence-electron chi connectivity index (χ1n) is 11.0. The smallest absolute Gasteiger partial charge is 0.251 e. The zero-order chi connectivity index (χ0) is 21.9. The number of carbonyl (C=O) groups is 2. The first kappa shape index (κ1) is 20.1. The van der Waals surface area contributed by atoms with E-state index in [1.807, 2.05) is 65.6 Å². The molecule has 0 fully saturated rings. The van der Waals surface area contributed by atoms with Crippen LogP contribution in [-0.2, 0) is 24.2 Å². The van der Waals surface area contributed by atoms with Crippen molar-refractivity contribution in [1.82, 2.24) is 15.2 Å². The number of benzene rings is 3. The molecule has 2 amide bonds. The summed E-state index contributed by atoms with van der Waals surface area (Å²) < 4.78 is 0. The quantitative estimate of drug-likeness (QED) is 0.508. The Hall–Kier alpha value is -3.86. The van der Waals surface area contributed by atoms with E-state index in [1.165, 1.54) is 11.3 Å². The highest BCUT2D eigenvalue weighted by molar-refractivity contribution is 5.97. The second-order valence-electron chi connectivity index (χ2n) is 8.22. The number of nitrogens with one attached hydrogen (secondary N) is 2. The van der Waals surface area contributed by atoms with Gasteiger partial charge in [-0.1, -0.05) is 66.7 Å². The third kappa shape index (κ3) is 4.02. The van der Waals surface area contributed by atoms with Gasteiger partial charge in [-0.2, -0.15) is 0 Å². The first-order valence-corrected chi connectivity index (χ1v) is 11.0. The fraction of sp³-hybridized carbons (Fsp3) is 0.185. The van der Waals surface area contributed by atoms with Gasteiger partial charge in [0.15, 0.2) is 0 Å². The third-order valence-corrected chi connectivity index (χ3v) is 6.12. The van der Waals surface area contributed by atoms with Crippen LogP contribution in [0.2, 0.25) is 0 Å². The molecule has 1 aliphatic heterocycles. The van der Waals surface area contributed by atoms with Crippen LogP contribution < -0.4 is 5.32 Å². The van der Waals surface area contributed by atoms with Crippen LogP contribution in [0.5, 0.6) is 0 Å². The molecule has 1 aromatic heterocycles. The first-order chi connectivity index (χ1) is 15.7. The molecule has 0 radical (unpaired) electrons. The summed E-state index contributed by atoms with van der Waals surface area (Å²) >= 11 is 0. The molecule has 0 aliphatic carbocycles. The summed E-state index contributed by atoms with van der Waals surface area (Å²) in [7, 11) is 0. The number of para-hydroxylation sites is 1. The Morgan fingerprint density at radius 2 is 1.59 bits per heavy atom. The van der Waals surface area contributed by atoms with E-state index in [1.54, 1.807) is 12.1 Å². The predicted octanol–water partition coefficient (Wildman–Crippen LogP) is 4.09. The Morgan fingerprint density at radius 1 is 0.906 bits per heavy atom. The van der Waals surface area contributed by atoms with Crippen molar-refractivity contribution in [2.75, 3.05) is 6.54 Å². The fourth-order valence-corrected chi connectivity index (χ4v) is 4.46. The van der Waals surface area contributed by atoms with E-state index in [4.69, 9.17) is 0 Å². The Labute approximate surface area is 187 Å². The van der Waals surface area contributed by atoms with E-state index in [9.17, 15) is 9.59 Å². The van der Waals surface area contributed by atoms with Crippen molar-refractivity contribution in [3.63, 3.8) is 0 Å². The fourth-order valence-electron chi connectivity index (χ4n) is 4.46. The van der Waals surface area contributed by atoms with Crippen molar-refractivity contribution in [3.8, 4) is 0 Å². The van der Waals surface area contributed by atoms with E-state index in [0.717, 1.165) is 22.9 Å². The summed E-state index contributed by atoms with van der Waals surface area (Å²) in [4.78, 5) is 31.9. The Morgan fingerprint density at radius 3 is 2.38 bits per heavy atom. The highest BCUT2D eigenvalue weighted by Gasteiger charge is 2.30. The molecule has 1 aliphatic rings. The second-order valence-corrected chi connectivity index (χ2v) is 8.22. The number of carbonyl (C=O) groups excluding carboxylic acids is 2. The Kier molecular flexibility index (Phi) is 5.46.